The maximum absolute atomic E-state index is 10.7. The predicted octanol–water partition coefficient (Wildman–Crippen LogP) is -0.0345. The fraction of sp³-hybridized carbons (Fsp3) is 0. The van der Waals surface area contributed by atoms with Gasteiger partial charge in [0.1, 0.15) is 5.56 Å². The number of nitrogens with two attached hydrogens (primary N) is 1. The highest BCUT2D eigenvalue weighted by molar-refractivity contribution is 6.02. The van der Waals surface area contributed by atoms with Gasteiger partial charge < -0.3 is 15.4 Å². The number of aromatic nitrogens is 2. The summed E-state index contributed by atoms with van der Waals surface area (Å²) in [6.07, 6.45) is 2.29. The van der Waals surface area contributed by atoms with Gasteiger partial charge in [0, 0.05) is 0 Å². The third kappa shape index (κ3) is 0.685. The van der Waals surface area contributed by atoms with E-state index in [1.54, 1.807) is 0 Å². The van der Waals surface area contributed by atoms with Gasteiger partial charge in [0.25, 0.3) is 5.91 Å². The van der Waals surface area contributed by atoms with E-state index in [1.165, 1.54) is 0 Å². The van der Waals surface area contributed by atoms with E-state index in [1.807, 2.05) is 0 Å². The van der Waals surface area contributed by atoms with Crippen molar-refractivity contribution in [2.75, 3.05) is 0 Å². The number of primary amides is 1. The van der Waals surface area contributed by atoms with E-state index in [4.69, 9.17) is 15.4 Å². The van der Waals surface area contributed by atoms with Gasteiger partial charge >= 0.3 is 0 Å². The van der Waals surface area contributed by atoms with Crippen LogP contribution >= 0.6 is 0 Å². The molecule has 0 aliphatic rings. The standard InChI is InChI=1S/C6H5N3O3/c7-5(10)3-1-9(11)6-4(3)12-2-8-6/h1-2,11H,(H2,7,10). The van der Waals surface area contributed by atoms with Crippen LogP contribution in [-0.4, -0.2) is 20.8 Å². The zero-order chi connectivity index (χ0) is 8.72. The lowest BCUT2D eigenvalue weighted by Crippen LogP contribution is -2.09. The van der Waals surface area contributed by atoms with Crippen LogP contribution in [0, 0.1) is 0 Å². The van der Waals surface area contributed by atoms with Gasteiger partial charge in [-0.1, -0.05) is 0 Å². The van der Waals surface area contributed by atoms with E-state index in [-0.39, 0.29) is 16.8 Å². The molecule has 3 N–H and O–H groups in total. The number of rotatable bonds is 1. The summed E-state index contributed by atoms with van der Waals surface area (Å²) in [6, 6.07) is 0. The topological polar surface area (TPSA) is 94.3 Å². The Balaban J connectivity index is 2.83. The molecule has 0 bridgehead atoms. The maximum Gasteiger partial charge on any atom is 0.254 e. The number of hydrogen-bond donors (Lipinski definition) is 2. The van der Waals surface area contributed by atoms with Crippen molar-refractivity contribution in [2.24, 2.45) is 5.73 Å². The number of amides is 1. The van der Waals surface area contributed by atoms with Gasteiger partial charge in [-0.25, -0.2) is 0 Å². The van der Waals surface area contributed by atoms with Gasteiger partial charge in [0.05, 0.1) is 6.20 Å². The van der Waals surface area contributed by atoms with E-state index in [0.29, 0.717) is 4.73 Å². The second kappa shape index (κ2) is 2.00. The van der Waals surface area contributed by atoms with E-state index in [2.05, 4.69) is 4.98 Å². The third-order valence-corrected chi connectivity index (χ3v) is 1.53. The molecule has 0 aliphatic heterocycles. The first-order valence-electron chi connectivity index (χ1n) is 3.13. The molecule has 2 heterocycles. The first-order chi connectivity index (χ1) is 5.70. The molecule has 6 nitrogen and oxygen atoms in total. The van der Waals surface area contributed by atoms with Gasteiger partial charge in [0.15, 0.2) is 12.0 Å². The summed E-state index contributed by atoms with van der Waals surface area (Å²) < 4.78 is 5.53. The van der Waals surface area contributed by atoms with Crippen molar-refractivity contribution < 1.29 is 14.4 Å². The molecule has 0 aliphatic carbocycles. The van der Waals surface area contributed by atoms with Crippen molar-refractivity contribution in [1.82, 2.24) is 9.71 Å². The van der Waals surface area contributed by atoms with Crippen molar-refractivity contribution in [3.63, 3.8) is 0 Å². The summed E-state index contributed by atoms with van der Waals surface area (Å²) in [7, 11) is 0. The zero-order valence-corrected chi connectivity index (χ0v) is 5.89. The van der Waals surface area contributed by atoms with Gasteiger partial charge in [-0.3, -0.25) is 4.79 Å². The van der Waals surface area contributed by atoms with Crippen LogP contribution in [0.15, 0.2) is 17.0 Å². The van der Waals surface area contributed by atoms with Crippen molar-refractivity contribution in [2.45, 2.75) is 0 Å². The number of oxazole rings is 1. The molecule has 0 atom stereocenters. The van der Waals surface area contributed by atoms with Crippen LogP contribution in [0.3, 0.4) is 0 Å². The number of hydrogen-bond acceptors (Lipinski definition) is 4. The average Bonchev–Trinajstić information content (AvgIpc) is 2.53. The molecule has 0 saturated carbocycles. The lowest BCUT2D eigenvalue weighted by atomic mass is 10.3. The molecule has 62 valence electrons. The maximum atomic E-state index is 10.7. The fourth-order valence-electron chi connectivity index (χ4n) is 1.01. The molecular formula is C6H5N3O3. The van der Waals surface area contributed by atoms with Crippen LogP contribution in [0.4, 0.5) is 0 Å². The minimum absolute atomic E-state index is 0.116. The van der Waals surface area contributed by atoms with E-state index in [0.717, 1.165) is 12.6 Å². The summed E-state index contributed by atoms with van der Waals surface area (Å²) in [6.45, 7) is 0. The molecule has 6 heteroatoms. The van der Waals surface area contributed by atoms with Crippen LogP contribution in [-0.2, 0) is 0 Å². The Morgan fingerprint density at radius 2 is 2.50 bits per heavy atom. The largest absolute Gasteiger partial charge is 0.441 e. The first kappa shape index (κ1) is 6.71. The van der Waals surface area contributed by atoms with Crippen LogP contribution in [0.5, 0.6) is 0 Å². The summed E-state index contributed by atoms with van der Waals surface area (Å²) in [5.74, 6) is -0.662. The Morgan fingerprint density at radius 3 is 3.17 bits per heavy atom. The Bertz CT molecular complexity index is 442. The number of carbonyl (C=O) groups excluding carboxylic acids is 1. The van der Waals surface area contributed by atoms with Crippen molar-refractivity contribution in [1.29, 1.82) is 0 Å². The number of carbonyl (C=O) groups is 1. The molecule has 2 rings (SSSR count). The highest BCUT2D eigenvalue weighted by Crippen LogP contribution is 2.17. The molecule has 0 radical (unpaired) electrons. The van der Waals surface area contributed by atoms with Gasteiger partial charge in [-0.05, 0) is 0 Å². The van der Waals surface area contributed by atoms with E-state index in [9.17, 15) is 4.79 Å². The van der Waals surface area contributed by atoms with Crippen molar-refractivity contribution >= 4 is 17.1 Å². The normalized spacial score (nSPS) is 10.7. The molecule has 0 saturated heterocycles. The summed E-state index contributed by atoms with van der Waals surface area (Å²) in [5, 5.41) is 9.12. The van der Waals surface area contributed by atoms with Gasteiger partial charge in [-0.2, -0.15) is 9.71 Å². The molecule has 12 heavy (non-hydrogen) atoms. The molecule has 2 aromatic rings. The number of nitrogens with zero attached hydrogens (tertiary/aromatic N) is 2. The minimum atomic E-state index is -0.662. The summed E-state index contributed by atoms with van der Waals surface area (Å²) in [4.78, 5) is 14.4. The highest BCUT2D eigenvalue weighted by atomic mass is 16.5. The van der Waals surface area contributed by atoms with E-state index >= 15 is 0 Å². The van der Waals surface area contributed by atoms with Crippen LogP contribution in [0.25, 0.3) is 11.2 Å². The molecule has 0 unspecified atom stereocenters. The average molecular weight is 167 g/mol. The third-order valence-electron chi connectivity index (χ3n) is 1.53. The molecule has 0 aromatic carbocycles. The monoisotopic (exact) mass is 167 g/mol. The highest BCUT2D eigenvalue weighted by Gasteiger charge is 2.15. The smallest absolute Gasteiger partial charge is 0.254 e. The summed E-state index contributed by atoms with van der Waals surface area (Å²) >= 11 is 0. The molecule has 0 spiro atoms. The number of fused-ring (bicyclic) bond motifs is 1. The zero-order valence-electron chi connectivity index (χ0n) is 5.89. The lowest BCUT2D eigenvalue weighted by molar-refractivity contribution is 0.0998. The van der Waals surface area contributed by atoms with Crippen molar-refractivity contribution in [3.8, 4) is 0 Å². The van der Waals surface area contributed by atoms with Gasteiger partial charge in [0.2, 0.25) is 5.65 Å². The predicted molar refractivity (Wildman–Crippen MR) is 37.7 cm³/mol. The lowest BCUT2D eigenvalue weighted by Gasteiger charge is -1.85. The Morgan fingerprint density at radius 1 is 1.75 bits per heavy atom. The van der Waals surface area contributed by atoms with E-state index < -0.39 is 5.91 Å². The Kier molecular flexibility index (Phi) is 1.12. The van der Waals surface area contributed by atoms with Crippen LogP contribution in [0.2, 0.25) is 0 Å². The molecule has 2 aromatic heterocycles. The minimum Gasteiger partial charge on any atom is -0.441 e. The fourth-order valence-corrected chi connectivity index (χ4v) is 1.01. The second-order valence-corrected chi connectivity index (χ2v) is 2.26. The molecule has 1 amide bonds. The van der Waals surface area contributed by atoms with Crippen molar-refractivity contribution in [3.05, 3.63) is 18.2 Å². The van der Waals surface area contributed by atoms with Crippen LogP contribution in [0.1, 0.15) is 10.4 Å². The van der Waals surface area contributed by atoms with Gasteiger partial charge in [-0.15, -0.1) is 0 Å². The molecule has 0 fully saturated rings. The quantitative estimate of drug-likeness (QED) is 0.583. The Hall–Kier alpha value is -1.98. The van der Waals surface area contributed by atoms with Crippen LogP contribution < -0.4 is 5.73 Å². The summed E-state index contributed by atoms with van der Waals surface area (Å²) in [5.41, 5.74) is 5.50. The first-order valence-corrected chi connectivity index (χ1v) is 3.13. The Labute approximate surface area is 66.2 Å². The molecular weight excluding hydrogens is 162 g/mol. The SMILES string of the molecule is NC(=O)c1cn(O)c2ncoc12. The second-order valence-electron chi connectivity index (χ2n) is 2.26.